The first kappa shape index (κ1) is 13.5. The first-order chi connectivity index (χ1) is 10.1. The van der Waals surface area contributed by atoms with Crippen molar-refractivity contribution in [2.24, 2.45) is 0 Å². The van der Waals surface area contributed by atoms with Crippen molar-refractivity contribution in [2.75, 3.05) is 0 Å². The van der Waals surface area contributed by atoms with Gasteiger partial charge in [-0.25, -0.2) is 14.8 Å². The topological polar surface area (TPSA) is 72.3 Å². The van der Waals surface area contributed by atoms with Crippen LogP contribution in [0.1, 0.15) is 10.5 Å². The molecule has 3 rings (SSSR count). The molecule has 1 aromatic heterocycles. The Bertz CT molecular complexity index is 819. The van der Waals surface area contributed by atoms with E-state index in [1.165, 1.54) is 6.20 Å². The van der Waals surface area contributed by atoms with Gasteiger partial charge < -0.3 is 9.84 Å². The number of rotatable bonds is 3. The Morgan fingerprint density at radius 2 is 1.90 bits per heavy atom. The molecule has 3 aromatic rings. The van der Waals surface area contributed by atoms with Crippen LogP contribution in [0, 0.1) is 0 Å². The quantitative estimate of drug-likeness (QED) is 0.780. The number of carboxylic acids is 1. The van der Waals surface area contributed by atoms with E-state index in [2.05, 4.69) is 25.9 Å². The molecule has 0 unspecified atom stereocenters. The van der Waals surface area contributed by atoms with Crippen molar-refractivity contribution in [3.05, 3.63) is 59.0 Å². The molecule has 0 saturated carbocycles. The summed E-state index contributed by atoms with van der Waals surface area (Å²) >= 11 is 3.51. The molecule has 1 N–H and O–H groups in total. The number of ether oxygens (including phenoxy) is 1. The van der Waals surface area contributed by atoms with Crippen LogP contribution in [-0.2, 0) is 0 Å². The van der Waals surface area contributed by atoms with E-state index < -0.39 is 5.97 Å². The van der Waals surface area contributed by atoms with E-state index >= 15 is 0 Å². The predicted molar refractivity (Wildman–Crippen MR) is 80.7 cm³/mol. The van der Waals surface area contributed by atoms with Gasteiger partial charge in [-0.2, -0.15) is 0 Å². The Labute approximate surface area is 128 Å². The summed E-state index contributed by atoms with van der Waals surface area (Å²) in [4.78, 5) is 18.4. The summed E-state index contributed by atoms with van der Waals surface area (Å²) in [6.07, 6.45) is 2.44. The molecule has 21 heavy (non-hydrogen) atoms. The summed E-state index contributed by atoms with van der Waals surface area (Å²) < 4.78 is 6.45. The minimum Gasteiger partial charge on any atom is -0.476 e. The fourth-order valence-electron chi connectivity index (χ4n) is 1.88. The van der Waals surface area contributed by atoms with E-state index in [0.29, 0.717) is 5.75 Å². The Morgan fingerprint density at radius 1 is 1.10 bits per heavy atom. The third-order valence-electron chi connectivity index (χ3n) is 2.89. The van der Waals surface area contributed by atoms with Gasteiger partial charge in [0.05, 0.1) is 16.9 Å². The number of nitrogens with zero attached hydrogens (tertiary/aromatic N) is 2. The molecule has 1 heterocycles. The largest absolute Gasteiger partial charge is 0.476 e. The smallest absolute Gasteiger partial charge is 0.356 e. The highest BCUT2D eigenvalue weighted by atomic mass is 79.9. The summed E-state index contributed by atoms with van der Waals surface area (Å²) in [5.74, 6) is -0.303. The number of aromatic nitrogens is 2. The lowest BCUT2D eigenvalue weighted by Gasteiger charge is -2.09. The minimum absolute atomic E-state index is 0.125. The molecule has 2 aromatic carbocycles. The van der Waals surface area contributed by atoms with E-state index in [9.17, 15) is 4.79 Å². The Balaban J connectivity index is 1.94. The van der Waals surface area contributed by atoms with Gasteiger partial charge in [0.1, 0.15) is 5.75 Å². The zero-order chi connectivity index (χ0) is 14.8. The number of carbonyl (C=O) groups is 1. The van der Waals surface area contributed by atoms with Gasteiger partial charge in [-0.1, -0.05) is 30.3 Å². The first-order valence-corrected chi connectivity index (χ1v) is 6.85. The van der Waals surface area contributed by atoms with E-state index in [4.69, 9.17) is 9.84 Å². The van der Waals surface area contributed by atoms with Gasteiger partial charge in [0.25, 0.3) is 0 Å². The lowest BCUT2D eigenvalue weighted by atomic mass is 10.1. The molecule has 0 spiro atoms. The number of carboxylic acid groups (broad SMARTS) is 1. The molecule has 5 nitrogen and oxygen atoms in total. The standard InChI is InChI=1S/C15H9BrN2O3/c16-14-10-4-2-1-3-9(10)5-6-12(14)21-13-8-17-11(7-18-13)15(19)20/h1-8H,(H,19,20). The van der Waals surface area contributed by atoms with Gasteiger partial charge in [-0.05, 0) is 32.8 Å². The number of fused-ring (bicyclic) bond motifs is 1. The van der Waals surface area contributed by atoms with Crippen molar-refractivity contribution in [1.82, 2.24) is 9.97 Å². The molecule has 104 valence electrons. The minimum atomic E-state index is -1.12. The zero-order valence-corrected chi connectivity index (χ0v) is 12.2. The zero-order valence-electron chi connectivity index (χ0n) is 10.7. The molecule has 0 radical (unpaired) electrons. The molecule has 0 aliphatic carbocycles. The van der Waals surface area contributed by atoms with E-state index in [1.807, 2.05) is 36.4 Å². The summed E-state index contributed by atoms with van der Waals surface area (Å²) in [6.45, 7) is 0. The van der Waals surface area contributed by atoms with Crippen LogP contribution in [-0.4, -0.2) is 21.0 Å². The average molecular weight is 345 g/mol. The lowest BCUT2D eigenvalue weighted by molar-refractivity contribution is 0.0690. The number of benzene rings is 2. The Morgan fingerprint density at radius 3 is 2.62 bits per heavy atom. The molecule has 0 saturated heterocycles. The number of hydrogen-bond donors (Lipinski definition) is 1. The summed E-state index contributed by atoms with van der Waals surface area (Å²) in [6, 6.07) is 11.6. The van der Waals surface area contributed by atoms with Crippen LogP contribution in [0.15, 0.2) is 53.3 Å². The second kappa shape index (κ2) is 5.49. The molecular formula is C15H9BrN2O3. The van der Waals surface area contributed by atoms with Crippen LogP contribution in [0.4, 0.5) is 0 Å². The van der Waals surface area contributed by atoms with Gasteiger partial charge in [0, 0.05) is 0 Å². The van der Waals surface area contributed by atoms with Crippen molar-refractivity contribution in [3.8, 4) is 11.6 Å². The van der Waals surface area contributed by atoms with Crippen LogP contribution >= 0.6 is 15.9 Å². The van der Waals surface area contributed by atoms with Crippen molar-refractivity contribution in [1.29, 1.82) is 0 Å². The number of aromatic carboxylic acids is 1. The maximum Gasteiger partial charge on any atom is 0.356 e. The molecule has 0 atom stereocenters. The summed E-state index contributed by atoms with van der Waals surface area (Å²) in [5, 5.41) is 10.9. The molecule has 0 aliphatic rings. The lowest BCUT2D eigenvalue weighted by Crippen LogP contribution is -2.01. The van der Waals surface area contributed by atoms with Crippen molar-refractivity contribution in [2.45, 2.75) is 0 Å². The SMILES string of the molecule is O=C(O)c1cnc(Oc2ccc3ccccc3c2Br)cn1. The molecule has 0 fully saturated rings. The highest BCUT2D eigenvalue weighted by Gasteiger charge is 2.09. The van der Waals surface area contributed by atoms with Gasteiger partial charge in [0.15, 0.2) is 5.69 Å². The normalized spacial score (nSPS) is 10.5. The van der Waals surface area contributed by atoms with Crippen LogP contribution in [0.3, 0.4) is 0 Å². The third kappa shape index (κ3) is 2.71. The molecule has 0 amide bonds. The van der Waals surface area contributed by atoms with Gasteiger partial charge in [0.2, 0.25) is 5.88 Å². The fraction of sp³-hybridized carbons (Fsp3) is 0. The van der Waals surface area contributed by atoms with Crippen LogP contribution in [0.5, 0.6) is 11.6 Å². The van der Waals surface area contributed by atoms with E-state index in [0.717, 1.165) is 21.4 Å². The monoisotopic (exact) mass is 344 g/mol. The summed E-state index contributed by atoms with van der Waals surface area (Å²) in [7, 11) is 0. The molecule has 0 aliphatic heterocycles. The molecular weight excluding hydrogens is 336 g/mol. The highest BCUT2D eigenvalue weighted by Crippen LogP contribution is 2.35. The van der Waals surface area contributed by atoms with Crippen molar-refractivity contribution < 1.29 is 14.6 Å². The van der Waals surface area contributed by atoms with E-state index in [1.54, 1.807) is 0 Å². The third-order valence-corrected chi connectivity index (χ3v) is 3.71. The Kier molecular flexibility index (Phi) is 3.53. The molecule has 0 bridgehead atoms. The fourth-order valence-corrected chi connectivity index (χ4v) is 2.46. The maximum absolute atomic E-state index is 10.7. The van der Waals surface area contributed by atoms with Crippen LogP contribution in [0.25, 0.3) is 10.8 Å². The molecule has 6 heteroatoms. The second-order valence-corrected chi connectivity index (χ2v) is 5.04. The van der Waals surface area contributed by atoms with Gasteiger partial charge in [-0.15, -0.1) is 0 Å². The van der Waals surface area contributed by atoms with Gasteiger partial charge in [-0.3, -0.25) is 0 Å². The number of hydrogen-bond acceptors (Lipinski definition) is 4. The Hall–Kier alpha value is -2.47. The number of halogens is 1. The highest BCUT2D eigenvalue weighted by molar-refractivity contribution is 9.10. The maximum atomic E-state index is 10.7. The first-order valence-electron chi connectivity index (χ1n) is 6.05. The van der Waals surface area contributed by atoms with Gasteiger partial charge >= 0.3 is 5.97 Å². The average Bonchev–Trinajstić information content (AvgIpc) is 2.51. The summed E-state index contributed by atoms with van der Waals surface area (Å²) in [5.41, 5.74) is -0.125. The van der Waals surface area contributed by atoms with Crippen molar-refractivity contribution in [3.63, 3.8) is 0 Å². The van der Waals surface area contributed by atoms with E-state index in [-0.39, 0.29) is 11.6 Å². The predicted octanol–water partition coefficient (Wildman–Crippen LogP) is 3.88. The second-order valence-electron chi connectivity index (χ2n) is 4.25. The van der Waals surface area contributed by atoms with Crippen LogP contribution in [0.2, 0.25) is 0 Å². The van der Waals surface area contributed by atoms with Crippen LogP contribution < -0.4 is 4.74 Å². The van der Waals surface area contributed by atoms with Crippen molar-refractivity contribution >= 4 is 32.7 Å².